The smallest absolute Gasteiger partial charge is 0.109 e. The molecule has 56 valence electrons. The molecule has 0 saturated carbocycles. The van der Waals surface area contributed by atoms with E-state index in [1.54, 1.807) is 6.26 Å². The van der Waals surface area contributed by atoms with E-state index in [0.717, 1.165) is 12.2 Å². The zero-order chi connectivity index (χ0) is 7.40. The van der Waals surface area contributed by atoms with E-state index < -0.39 is 0 Å². The van der Waals surface area contributed by atoms with Crippen LogP contribution in [0.5, 0.6) is 0 Å². The first kappa shape index (κ1) is 7.35. The van der Waals surface area contributed by atoms with Gasteiger partial charge in [0.2, 0.25) is 0 Å². The molecule has 0 radical (unpaired) electrons. The van der Waals surface area contributed by atoms with Gasteiger partial charge >= 0.3 is 0 Å². The van der Waals surface area contributed by atoms with Crippen molar-refractivity contribution >= 4 is 0 Å². The zero-order valence-electron chi connectivity index (χ0n) is 6.08. The molecule has 1 aromatic rings. The van der Waals surface area contributed by atoms with Gasteiger partial charge in [-0.3, -0.25) is 0 Å². The first-order chi connectivity index (χ1) is 4.88. The van der Waals surface area contributed by atoms with Gasteiger partial charge in [-0.1, -0.05) is 6.92 Å². The van der Waals surface area contributed by atoms with Crippen molar-refractivity contribution in [3.05, 3.63) is 24.2 Å². The zero-order valence-corrected chi connectivity index (χ0v) is 6.08. The lowest BCUT2D eigenvalue weighted by Crippen LogP contribution is -2.00. The van der Waals surface area contributed by atoms with Gasteiger partial charge in [0, 0.05) is 5.92 Å². The predicted octanol–water partition coefficient (Wildman–Crippen LogP) is 1.77. The standard InChI is InChI=1S/C8H12O2/c1-2-7(6-9)8-4-3-5-10-8/h3-5,7,9H,2,6H2,1H3. The second-order valence-electron chi connectivity index (χ2n) is 2.30. The van der Waals surface area contributed by atoms with Gasteiger partial charge in [-0.25, -0.2) is 0 Å². The fourth-order valence-corrected chi connectivity index (χ4v) is 0.944. The molecule has 0 aliphatic rings. The van der Waals surface area contributed by atoms with Crippen LogP contribution in [0.2, 0.25) is 0 Å². The summed E-state index contributed by atoms with van der Waals surface area (Å²) in [6.07, 6.45) is 2.55. The highest BCUT2D eigenvalue weighted by Crippen LogP contribution is 2.18. The first-order valence-electron chi connectivity index (χ1n) is 3.52. The molecule has 2 nitrogen and oxygen atoms in total. The Bertz CT molecular complexity index is 163. The Morgan fingerprint density at radius 2 is 2.50 bits per heavy atom. The van der Waals surface area contributed by atoms with Crippen molar-refractivity contribution in [2.75, 3.05) is 6.61 Å². The monoisotopic (exact) mass is 140 g/mol. The molecule has 1 aromatic heterocycles. The molecule has 1 unspecified atom stereocenters. The third-order valence-corrected chi connectivity index (χ3v) is 1.66. The summed E-state index contributed by atoms with van der Waals surface area (Å²) in [4.78, 5) is 0. The average Bonchev–Trinajstić information content (AvgIpc) is 2.43. The number of hydrogen-bond donors (Lipinski definition) is 1. The van der Waals surface area contributed by atoms with Crippen molar-refractivity contribution in [1.82, 2.24) is 0 Å². The van der Waals surface area contributed by atoms with E-state index in [9.17, 15) is 0 Å². The van der Waals surface area contributed by atoms with E-state index in [4.69, 9.17) is 9.52 Å². The van der Waals surface area contributed by atoms with Crippen LogP contribution in [-0.2, 0) is 0 Å². The van der Waals surface area contributed by atoms with Crippen LogP contribution < -0.4 is 0 Å². The first-order valence-corrected chi connectivity index (χ1v) is 3.52. The molecule has 0 aromatic carbocycles. The highest BCUT2D eigenvalue weighted by atomic mass is 16.3. The Morgan fingerprint density at radius 1 is 1.70 bits per heavy atom. The van der Waals surface area contributed by atoms with Gasteiger partial charge in [0.15, 0.2) is 0 Å². The van der Waals surface area contributed by atoms with Gasteiger partial charge in [-0.05, 0) is 18.6 Å². The van der Waals surface area contributed by atoms with Crippen LogP contribution in [0.1, 0.15) is 25.0 Å². The van der Waals surface area contributed by atoms with Crippen LogP contribution in [0.4, 0.5) is 0 Å². The summed E-state index contributed by atoms with van der Waals surface area (Å²) >= 11 is 0. The van der Waals surface area contributed by atoms with E-state index in [1.165, 1.54) is 0 Å². The molecular formula is C8H12O2. The van der Waals surface area contributed by atoms with Crippen LogP contribution in [-0.4, -0.2) is 11.7 Å². The molecule has 0 saturated heterocycles. The lowest BCUT2D eigenvalue weighted by atomic mass is 10.1. The minimum absolute atomic E-state index is 0.171. The predicted molar refractivity (Wildman–Crippen MR) is 38.8 cm³/mol. The number of aliphatic hydroxyl groups excluding tert-OH is 1. The van der Waals surface area contributed by atoms with Gasteiger partial charge in [-0.15, -0.1) is 0 Å². The molecule has 0 spiro atoms. The molecule has 1 atom stereocenters. The average molecular weight is 140 g/mol. The number of aliphatic hydroxyl groups is 1. The fourth-order valence-electron chi connectivity index (χ4n) is 0.944. The van der Waals surface area contributed by atoms with E-state index in [0.29, 0.717) is 0 Å². The Labute approximate surface area is 60.5 Å². The third kappa shape index (κ3) is 1.39. The fraction of sp³-hybridized carbons (Fsp3) is 0.500. The summed E-state index contributed by atoms with van der Waals surface area (Å²) in [5.41, 5.74) is 0. The molecule has 2 heteroatoms. The van der Waals surface area contributed by atoms with Crippen LogP contribution >= 0.6 is 0 Å². The van der Waals surface area contributed by atoms with Gasteiger partial charge in [0.1, 0.15) is 5.76 Å². The van der Waals surface area contributed by atoms with Crippen molar-refractivity contribution in [3.8, 4) is 0 Å². The minimum Gasteiger partial charge on any atom is -0.469 e. The SMILES string of the molecule is CCC(CO)c1ccco1. The van der Waals surface area contributed by atoms with Crippen molar-refractivity contribution in [1.29, 1.82) is 0 Å². The largest absolute Gasteiger partial charge is 0.469 e. The highest BCUT2D eigenvalue weighted by Gasteiger charge is 2.09. The van der Waals surface area contributed by atoms with Crippen molar-refractivity contribution < 1.29 is 9.52 Å². The van der Waals surface area contributed by atoms with Crippen LogP contribution in [0.25, 0.3) is 0 Å². The Kier molecular flexibility index (Phi) is 2.51. The van der Waals surface area contributed by atoms with Crippen molar-refractivity contribution in [2.45, 2.75) is 19.3 Å². The van der Waals surface area contributed by atoms with Crippen molar-refractivity contribution in [2.24, 2.45) is 0 Å². The normalized spacial score (nSPS) is 13.4. The molecule has 0 aliphatic carbocycles. The maximum Gasteiger partial charge on any atom is 0.109 e. The molecule has 0 bridgehead atoms. The molecule has 1 heterocycles. The van der Waals surface area contributed by atoms with Crippen molar-refractivity contribution in [3.63, 3.8) is 0 Å². The van der Waals surface area contributed by atoms with Gasteiger partial charge in [0.25, 0.3) is 0 Å². The summed E-state index contributed by atoms with van der Waals surface area (Å²) in [5.74, 6) is 1.06. The summed E-state index contributed by atoms with van der Waals surface area (Å²) in [7, 11) is 0. The molecule has 0 aliphatic heterocycles. The van der Waals surface area contributed by atoms with E-state index in [2.05, 4.69) is 0 Å². The Hall–Kier alpha value is -0.760. The third-order valence-electron chi connectivity index (χ3n) is 1.66. The van der Waals surface area contributed by atoms with Gasteiger partial charge in [0.05, 0.1) is 12.9 Å². The molecule has 0 fully saturated rings. The molecule has 0 amide bonds. The molecular weight excluding hydrogens is 128 g/mol. The van der Waals surface area contributed by atoms with E-state index in [-0.39, 0.29) is 12.5 Å². The number of hydrogen-bond acceptors (Lipinski definition) is 2. The van der Waals surface area contributed by atoms with Crippen LogP contribution in [0.15, 0.2) is 22.8 Å². The lowest BCUT2D eigenvalue weighted by Gasteiger charge is -2.05. The lowest BCUT2D eigenvalue weighted by molar-refractivity contribution is 0.245. The minimum atomic E-state index is 0.171. The van der Waals surface area contributed by atoms with Crippen LogP contribution in [0.3, 0.4) is 0 Å². The number of furan rings is 1. The summed E-state index contributed by atoms with van der Waals surface area (Å²) in [6, 6.07) is 3.73. The molecule has 10 heavy (non-hydrogen) atoms. The van der Waals surface area contributed by atoms with Gasteiger partial charge < -0.3 is 9.52 Å². The summed E-state index contributed by atoms with van der Waals surface area (Å²) < 4.78 is 5.12. The van der Waals surface area contributed by atoms with Crippen LogP contribution in [0, 0.1) is 0 Å². The Balaban J connectivity index is 2.64. The summed E-state index contributed by atoms with van der Waals surface area (Å²) in [5, 5.41) is 8.84. The molecule has 1 rings (SSSR count). The second kappa shape index (κ2) is 3.42. The van der Waals surface area contributed by atoms with E-state index in [1.807, 2.05) is 19.1 Å². The maximum atomic E-state index is 8.84. The topological polar surface area (TPSA) is 33.4 Å². The maximum absolute atomic E-state index is 8.84. The number of rotatable bonds is 3. The van der Waals surface area contributed by atoms with E-state index >= 15 is 0 Å². The molecule has 1 N–H and O–H groups in total. The quantitative estimate of drug-likeness (QED) is 0.694. The van der Waals surface area contributed by atoms with Gasteiger partial charge in [-0.2, -0.15) is 0 Å². The Morgan fingerprint density at radius 3 is 2.90 bits per heavy atom. The second-order valence-corrected chi connectivity index (χ2v) is 2.30. The summed E-state index contributed by atoms with van der Waals surface area (Å²) in [6.45, 7) is 2.20. The highest BCUT2D eigenvalue weighted by molar-refractivity contribution is 5.04.